The van der Waals surface area contributed by atoms with Gasteiger partial charge in [-0.1, -0.05) is 85.8 Å². The van der Waals surface area contributed by atoms with E-state index in [2.05, 4.69) is 106 Å². The van der Waals surface area contributed by atoms with Gasteiger partial charge in [0.05, 0.1) is 14.2 Å². The first-order valence-corrected chi connectivity index (χ1v) is 17.2. The Balaban J connectivity index is 0.000000231. The molecule has 2 N–H and O–H groups in total. The van der Waals surface area contributed by atoms with Gasteiger partial charge in [-0.3, -0.25) is 0 Å². The summed E-state index contributed by atoms with van der Waals surface area (Å²) in [5, 5.41) is 17.3. The fourth-order valence-electron chi connectivity index (χ4n) is 3.83. The van der Waals surface area contributed by atoms with Crippen molar-refractivity contribution in [3.8, 4) is 26.6 Å². The highest BCUT2D eigenvalue weighted by molar-refractivity contribution is 9.12. The van der Waals surface area contributed by atoms with Gasteiger partial charge in [-0.2, -0.15) is 0 Å². The number of rotatable bonds is 9. The lowest BCUT2D eigenvalue weighted by molar-refractivity contribution is 0.305. The third kappa shape index (κ3) is 12.2. The molecule has 3 nitrogen and oxygen atoms in total. The number of hydrogen-bond donors (Lipinski definition) is 2. The van der Waals surface area contributed by atoms with E-state index in [0.29, 0.717) is 5.46 Å². The molecule has 0 saturated carbocycles. The largest absolute Gasteiger partial charge is 0.494 e. The van der Waals surface area contributed by atoms with Crippen molar-refractivity contribution in [1.29, 1.82) is 0 Å². The van der Waals surface area contributed by atoms with Crippen LogP contribution in [0.2, 0.25) is 0 Å². The normalized spacial score (nSPS) is 10.3. The van der Waals surface area contributed by atoms with Crippen LogP contribution in [0.4, 0.5) is 0 Å². The molecule has 220 valence electrons. The zero-order chi connectivity index (χ0) is 30.3. The molecule has 0 amide bonds. The molecule has 2 aromatic heterocycles. The third-order valence-electron chi connectivity index (χ3n) is 6.26. The molecular formula is C34H37BBr2O3S2. The molecule has 5 aromatic rings. The average Bonchev–Trinajstić information content (AvgIpc) is 3.63. The summed E-state index contributed by atoms with van der Waals surface area (Å²) < 4.78 is 8.16. The summed E-state index contributed by atoms with van der Waals surface area (Å²) in [6.07, 6.45) is 4.95. The quantitative estimate of drug-likeness (QED) is 0.117. The fourth-order valence-corrected chi connectivity index (χ4v) is 7.27. The van der Waals surface area contributed by atoms with Crippen LogP contribution in [0.15, 0.2) is 105 Å². The van der Waals surface area contributed by atoms with Crippen molar-refractivity contribution in [2.75, 3.05) is 6.61 Å². The minimum Gasteiger partial charge on any atom is -0.494 e. The van der Waals surface area contributed by atoms with Gasteiger partial charge >= 0.3 is 7.12 Å². The summed E-state index contributed by atoms with van der Waals surface area (Å²) in [5.41, 5.74) is 5.48. The van der Waals surface area contributed by atoms with E-state index in [0.717, 1.165) is 24.3 Å². The Bertz CT molecular complexity index is 1430. The van der Waals surface area contributed by atoms with Gasteiger partial charge in [0.15, 0.2) is 0 Å². The minimum atomic E-state index is -1.35. The van der Waals surface area contributed by atoms with Gasteiger partial charge in [-0.25, -0.2) is 0 Å². The van der Waals surface area contributed by atoms with E-state index in [1.807, 2.05) is 42.5 Å². The topological polar surface area (TPSA) is 49.7 Å². The molecule has 0 saturated heterocycles. The number of halogens is 2. The predicted molar refractivity (Wildman–Crippen MR) is 190 cm³/mol. The first-order valence-electron chi connectivity index (χ1n) is 14.0. The van der Waals surface area contributed by atoms with Crippen LogP contribution in [0.3, 0.4) is 0 Å². The van der Waals surface area contributed by atoms with E-state index in [1.165, 1.54) is 53.3 Å². The van der Waals surface area contributed by atoms with Crippen LogP contribution in [0.25, 0.3) is 20.9 Å². The van der Waals surface area contributed by atoms with Crippen LogP contribution >= 0.6 is 54.5 Å². The molecule has 8 heteroatoms. The zero-order valence-electron chi connectivity index (χ0n) is 24.2. The predicted octanol–water partition coefficient (Wildman–Crippen LogP) is 10.3. The van der Waals surface area contributed by atoms with Crippen LogP contribution in [0.1, 0.15) is 43.7 Å². The minimum absolute atomic E-state index is 0.533. The number of ether oxygens (including phenoxy) is 1. The van der Waals surface area contributed by atoms with Crippen molar-refractivity contribution in [3.63, 3.8) is 0 Å². The summed E-state index contributed by atoms with van der Waals surface area (Å²) in [5.74, 6) is 0.968. The highest BCUT2D eigenvalue weighted by atomic mass is 79.9. The summed E-state index contributed by atoms with van der Waals surface area (Å²) in [6, 6.07) is 32.7. The molecule has 0 aliphatic carbocycles. The van der Waals surface area contributed by atoms with Crippen LogP contribution < -0.4 is 10.2 Å². The van der Waals surface area contributed by atoms with Gasteiger partial charge in [0.25, 0.3) is 0 Å². The smallest absolute Gasteiger partial charge is 0.488 e. The second-order valence-corrected chi connectivity index (χ2v) is 14.7. The Morgan fingerprint density at radius 2 is 1.12 bits per heavy atom. The second kappa shape index (κ2) is 18.5. The molecule has 0 bridgehead atoms. The van der Waals surface area contributed by atoms with Crippen LogP contribution in [0.5, 0.6) is 5.75 Å². The first kappa shape index (κ1) is 34.3. The Kier molecular flexibility index (Phi) is 15.1. The lowest BCUT2D eigenvalue weighted by atomic mass is 9.80. The SMILES string of the molecule is Brc1ccc(Br)s1.CCCCCCOc1ccc(-c2ccc(-c3ccc(C)cc3)s2)cc1.Cc1ccc(B(O)O)cc1. The number of hydrogen-bond acceptors (Lipinski definition) is 5. The van der Waals surface area contributed by atoms with Crippen molar-refractivity contribution >= 4 is 67.1 Å². The molecule has 0 aliphatic rings. The molecule has 42 heavy (non-hydrogen) atoms. The van der Waals surface area contributed by atoms with Gasteiger partial charge in [0.2, 0.25) is 0 Å². The number of aryl methyl sites for hydroxylation is 2. The molecule has 3 aromatic carbocycles. The van der Waals surface area contributed by atoms with E-state index in [9.17, 15) is 0 Å². The summed E-state index contributed by atoms with van der Waals surface area (Å²) >= 11 is 10.2. The highest BCUT2D eigenvalue weighted by Crippen LogP contribution is 2.35. The molecular weight excluding hydrogens is 691 g/mol. The van der Waals surface area contributed by atoms with Crippen molar-refractivity contribution in [1.82, 2.24) is 0 Å². The van der Waals surface area contributed by atoms with E-state index < -0.39 is 7.12 Å². The Hall–Kier alpha value is -2.20. The third-order valence-corrected chi connectivity index (χ3v) is 9.61. The van der Waals surface area contributed by atoms with Crippen LogP contribution in [-0.2, 0) is 0 Å². The fraction of sp³-hybridized carbons (Fsp3) is 0.235. The number of benzene rings is 3. The van der Waals surface area contributed by atoms with Gasteiger partial charge in [0, 0.05) is 9.75 Å². The van der Waals surface area contributed by atoms with E-state index in [4.69, 9.17) is 14.8 Å². The van der Waals surface area contributed by atoms with E-state index in [1.54, 1.807) is 23.5 Å². The van der Waals surface area contributed by atoms with Crippen molar-refractivity contribution in [2.45, 2.75) is 46.5 Å². The highest BCUT2D eigenvalue weighted by Gasteiger charge is 2.08. The molecule has 0 aliphatic heterocycles. The first-order chi connectivity index (χ1) is 20.2. The van der Waals surface area contributed by atoms with E-state index in [-0.39, 0.29) is 0 Å². The maximum Gasteiger partial charge on any atom is 0.488 e. The van der Waals surface area contributed by atoms with Gasteiger partial charge < -0.3 is 14.8 Å². The Labute approximate surface area is 275 Å². The van der Waals surface area contributed by atoms with E-state index >= 15 is 0 Å². The van der Waals surface area contributed by atoms with Gasteiger partial charge in [0.1, 0.15) is 5.75 Å². The number of unbranched alkanes of at least 4 members (excludes halogenated alkanes) is 3. The lowest BCUT2D eigenvalue weighted by Gasteiger charge is -2.06. The van der Waals surface area contributed by atoms with Crippen LogP contribution in [0, 0.1) is 13.8 Å². The van der Waals surface area contributed by atoms with Crippen LogP contribution in [-0.4, -0.2) is 23.8 Å². The maximum absolute atomic E-state index is 8.67. The molecule has 0 radical (unpaired) electrons. The molecule has 5 rings (SSSR count). The van der Waals surface area contributed by atoms with Gasteiger partial charge in [-0.15, -0.1) is 22.7 Å². The Morgan fingerprint density at radius 3 is 1.57 bits per heavy atom. The maximum atomic E-state index is 8.67. The zero-order valence-corrected chi connectivity index (χ0v) is 29.0. The monoisotopic (exact) mass is 726 g/mol. The second-order valence-electron chi connectivity index (χ2n) is 9.79. The molecule has 2 heterocycles. The Morgan fingerprint density at radius 1 is 0.619 bits per heavy atom. The standard InChI is InChI=1S/C23H26OS.C7H9BO2.C4H2Br2S/c1-3-4-5-6-17-24-21-13-11-20(12-14-21)23-16-15-22(25-23)19-9-7-18(2)8-10-19;1-6-2-4-7(5-3-6)8(9)10;5-3-1-2-4(6)7-3/h7-16H,3-6,17H2,1-2H3;2-5,9-10H,1H3;1-2H. The van der Waals surface area contributed by atoms with Gasteiger partial charge in [-0.05, 0) is 117 Å². The molecule has 0 fully saturated rings. The molecule has 0 atom stereocenters. The summed E-state index contributed by atoms with van der Waals surface area (Å²) in [6.45, 7) is 7.12. The lowest BCUT2D eigenvalue weighted by Crippen LogP contribution is -2.29. The molecule has 0 spiro atoms. The van der Waals surface area contributed by atoms with Crippen molar-refractivity contribution in [2.24, 2.45) is 0 Å². The molecule has 0 unspecified atom stereocenters. The summed E-state index contributed by atoms with van der Waals surface area (Å²) in [4.78, 5) is 2.61. The van der Waals surface area contributed by atoms with Crippen molar-refractivity contribution in [3.05, 3.63) is 116 Å². The average molecular weight is 728 g/mol. The van der Waals surface area contributed by atoms with Crippen molar-refractivity contribution < 1.29 is 14.8 Å². The summed E-state index contributed by atoms with van der Waals surface area (Å²) in [7, 11) is -1.35. The number of thiophene rings is 2.